The first kappa shape index (κ1) is 15.6. The van der Waals surface area contributed by atoms with Crippen LogP contribution in [-0.2, 0) is 4.79 Å². The number of rotatable bonds is 2. The van der Waals surface area contributed by atoms with Gasteiger partial charge in [0.25, 0.3) is 0 Å². The molecule has 0 bridgehead atoms. The molecule has 23 heavy (non-hydrogen) atoms. The number of piperidine rings is 2. The fourth-order valence-corrected chi connectivity index (χ4v) is 3.34. The van der Waals surface area contributed by atoms with Crippen molar-refractivity contribution in [1.82, 2.24) is 15.5 Å². The van der Waals surface area contributed by atoms with Gasteiger partial charge in [0.2, 0.25) is 5.91 Å². The van der Waals surface area contributed by atoms with Gasteiger partial charge in [-0.15, -0.1) is 0 Å². The quantitative estimate of drug-likeness (QED) is 0.774. The standard InChI is InChI=1S/C17H23N3O3/c21-14-4-1-3-13(11-14)12-6-9-20(10-7-12)17(23)19-15-5-2-8-18-16(15)22/h1,3-4,11-12,15,21H,2,5-10H2,(H,18,22)(H,19,23)/t15-/m0/s1. The molecule has 1 aromatic carbocycles. The van der Waals surface area contributed by atoms with Gasteiger partial charge in [-0.3, -0.25) is 4.79 Å². The number of amides is 3. The second-order valence-electron chi connectivity index (χ2n) is 6.29. The molecule has 2 saturated heterocycles. The van der Waals surface area contributed by atoms with Crippen LogP contribution in [-0.4, -0.2) is 47.6 Å². The lowest BCUT2D eigenvalue weighted by Gasteiger charge is -2.34. The highest BCUT2D eigenvalue weighted by molar-refractivity contribution is 5.87. The summed E-state index contributed by atoms with van der Waals surface area (Å²) in [7, 11) is 0. The molecule has 1 atom stereocenters. The van der Waals surface area contributed by atoms with E-state index in [0.717, 1.165) is 24.8 Å². The Morgan fingerprint density at radius 2 is 2.04 bits per heavy atom. The summed E-state index contributed by atoms with van der Waals surface area (Å²) in [5, 5.41) is 15.2. The molecule has 2 fully saturated rings. The largest absolute Gasteiger partial charge is 0.508 e. The zero-order valence-electron chi connectivity index (χ0n) is 13.1. The van der Waals surface area contributed by atoms with Crippen molar-refractivity contribution >= 4 is 11.9 Å². The van der Waals surface area contributed by atoms with Gasteiger partial charge in [0, 0.05) is 19.6 Å². The highest BCUT2D eigenvalue weighted by atomic mass is 16.3. The van der Waals surface area contributed by atoms with Crippen molar-refractivity contribution in [3.05, 3.63) is 29.8 Å². The summed E-state index contributed by atoms with van der Waals surface area (Å²) in [4.78, 5) is 25.8. The van der Waals surface area contributed by atoms with Crippen LogP contribution in [0.3, 0.4) is 0 Å². The summed E-state index contributed by atoms with van der Waals surface area (Å²) in [6.45, 7) is 2.03. The summed E-state index contributed by atoms with van der Waals surface area (Å²) in [6.07, 6.45) is 3.34. The minimum atomic E-state index is -0.403. The predicted molar refractivity (Wildman–Crippen MR) is 86.2 cm³/mol. The summed E-state index contributed by atoms with van der Waals surface area (Å²) < 4.78 is 0. The molecule has 124 valence electrons. The Labute approximate surface area is 135 Å². The Morgan fingerprint density at radius 1 is 1.26 bits per heavy atom. The number of likely N-dealkylation sites (tertiary alicyclic amines) is 1. The average molecular weight is 317 g/mol. The second-order valence-corrected chi connectivity index (χ2v) is 6.29. The van der Waals surface area contributed by atoms with Crippen molar-refractivity contribution in [2.24, 2.45) is 0 Å². The second kappa shape index (κ2) is 6.89. The maximum absolute atomic E-state index is 12.3. The molecule has 2 heterocycles. The van der Waals surface area contributed by atoms with E-state index in [9.17, 15) is 14.7 Å². The number of phenolic OH excluding ortho intramolecular Hbond substituents is 1. The Bertz CT molecular complexity index is 582. The minimum absolute atomic E-state index is 0.0840. The molecule has 0 unspecified atom stereocenters. The van der Waals surface area contributed by atoms with Gasteiger partial charge >= 0.3 is 6.03 Å². The molecule has 0 radical (unpaired) electrons. The lowest BCUT2D eigenvalue weighted by atomic mass is 9.89. The maximum atomic E-state index is 12.3. The van der Waals surface area contributed by atoms with Gasteiger partial charge in [0.05, 0.1) is 0 Å². The van der Waals surface area contributed by atoms with E-state index in [2.05, 4.69) is 10.6 Å². The lowest BCUT2D eigenvalue weighted by Crippen LogP contribution is -2.54. The van der Waals surface area contributed by atoms with E-state index in [4.69, 9.17) is 0 Å². The van der Waals surface area contributed by atoms with Crippen LogP contribution in [0.4, 0.5) is 4.79 Å². The lowest BCUT2D eigenvalue weighted by molar-refractivity contribution is -0.124. The van der Waals surface area contributed by atoms with Gasteiger partial charge in [-0.1, -0.05) is 12.1 Å². The molecule has 6 heteroatoms. The number of phenols is 1. The van der Waals surface area contributed by atoms with Gasteiger partial charge in [0.15, 0.2) is 0 Å². The van der Waals surface area contributed by atoms with E-state index in [-0.39, 0.29) is 17.7 Å². The van der Waals surface area contributed by atoms with Gasteiger partial charge in [-0.2, -0.15) is 0 Å². The maximum Gasteiger partial charge on any atom is 0.318 e. The fraction of sp³-hybridized carbons (Fsp3) is 0.529. The first-order valence-corrected chi connectivity index (χ1v) is 8.25. The van der Waals surface area contributed by atoms with Crippen LogP contribution in [0.1, 0.15) is 37.2 Å². The first-order valence-electron chi connectivity index (χ1n) is 8.25. The van der Waals surface area contributed by atoms with Crippen molar-refractivity contribution < 1.29 is 14.7 Å². The van der Waals surface area contributed by atoms with E-state index >= 15 is 0 Å². The molecular formula is C17H23N3O3. The Hall–Kier alpha value is -2.24. The van der Waals surface area contributed by atoms with Crippen LogP contribution in [0.2, 0.25) is 0 Å². The number of nitrogens with one attached hydrogen (secondary N) is 2. The normalized spacial score (nSPS) is 22.5. The van der Waals surface area contributed by atoms with Crippen molar-refractivity contribution in [3.8, 4) is 5.75 Å². The summed E-state index contributed by atoms with van der Waals surface area (Å²) in [5.41, 5.74) is 1.12. The molecular weight excluding hydrogens is 294 g/mol. The van der Waals surface area contributed by atoms with Crippen LogP contribution in [0.15, 0.2) is 24.3 Å². The Balaban J connectivity index is 1.52. The van der Waals surface area contributed by atoms with Crippen LogP contribution >= 0.6 is 0 Å². The van der Waals surface area contributed by atoms with Crippen molar-refractivity contribution in [3.63, 3.8) is 0 Å². The summed E-state index contributed by atoms with van der Waals surface area (Å²) in [6, 6.07) is 6.79. The number of urea groups is 1. The molecule has 3 amide bonds. The van der Waals surface area contributed by atoms with Gasteiger partial charge < -0.3 is 20.6 Å². The van der Waals surface area contributed by atoms with Gasteiger partial charge in [0.1, 0.15) is 11.8 Å². The zero-order chi connectivity index (χ0) is 16.2. The van der Waals surface area contributed by atoms with Crippen LogP contribution < -0.4 is 10.6 Å². The zero-order valence-corrected chi connectivity index (χ0v) is 13.1. The van der Waals surface area contributed by atoms with Crippen molar-refractivity contribution in [1.29, 1.82) is 0 Å². The molecule has 2 aliphatic heterocycles. The third-order valence-electron chi connectivity index (χ3n) is 4.71. The third-order valence-corrected chi connectivity index (χ3v) is 4.71. The number of benzene rings is 1. The van der Waals surface area contributed by atoms with Crippen LogP contribution in [0, 0.1) is 0 Å². The average Bonchev–Trinajstić information content (AvgIpc) is 2.57. The van der Waals surface area contributed by atoms with Crippen molar-refractivity contribution in [2.75, 3.05) is 19.6 Å². The van der Waals surface area contributed by atoms with Gasteiger partial charge in [-0.25, -0.2) is 4.79 Å². The van der Waals surface area contributed by atoms with E-state index in [1.807, 2.05) is 12.1 Å². The van der Waals surface area contributed by atoms with Crippen molar-refractivity contribution in [2.45, 2.75) is 37.6 Å². The molecule has 3 N–H and O–H groups in total. The number of nitrogens with zero attached hydrogens (tertiary/aromatic N) is 1. The highest BCUT2D eigenvalue weighted by Gasteiger charge is 2.28. The highest BCUT2D eigenvalue weighted by Crippen LogP contribution is 2.29. The number of carbonyl (C=O) groups is 2. The molecule has 0 aromatic heterocycles. The van der Waals surface area contributed by atoms with Crippen LogP contribution in [0.5, 0.6) is 5.75 Å². The Kier molecular flexibility index (Phi) is 4.69. The molecule has 0 saturated carbocycles. The SMILES string of the molecule is O=C1NCCC[C@@H]1NC(=O)N1CCC(c2cccc(O)c2)CC1. The number of hydrogen-bond acceptors (Lipinski definition) is 3. The first-order chi connectivity index (χ1) is 11.1. The molecule has 2 aliphatic rings. The molecule has 0 aliphatic carbocycles. The minimum Gasteiger partial charge on any atom is -0.508 e. The number of hydrogen-bond donors (Lipinski definition) is 3. The summed E-state index contributed by atoms with van der Waals surface area (Å²) >= 11 is 0. The topological polar surface area (TPSA) is 81.7 Å². The monoisotopic (exact) mass is 317 g/mol. The number of aromatic hydroxyl groups is 1. The number of carbonyl (C=O) groups excluding carboxylic acids is 2. The van der Waals surface area contributed by atoms with E-state index in [1.165, 1.54) is 0 Å². The Morgan fingerprint density at radius 3 is 2.74 bits per heavy atom. The third kappa shape index (κ3) is 3.75. The summed E-state index contributed by atoms with van der Waals surface area (Å²) in [5.74, 6) is 0.564. The molecule has 6 nitrogen and oxygen atoms in total. The van der Waals surface area contributed by atoms with E-state index in [0.29, 0.717) is 32.0 Å². The van der Waals surface area contributed by atoms with E-state index < -0.39 is 6.04 Å². The molecule has 0 spiro atoms. The van der Waals surface area contributed by atoms with Crippen LogP contribution in [0.25, 0.3) is 0 Å². The van der Waals surface area contributed by atoms with Gasteiger partial charge in [-0.05, 0) is 49.3 Å². The van der Waals surface area contributed by atoms with E-state index in [1.54, 1.807) is 17.0 Å². The smallest absolute Gasteiger partial charge is 0.318 e. The predicted octanol–water partition coefficient (Wildman–Crippen LogP) is 1.56. The fourth-order valence-electron chi connectivity index (χ4n) is 3.34. The molecule has 1 aromatic rings. The molecule has 3 rings (SSSR count).